The fourth-order valence-corrected chi connectivity index (χ4v) is 2.81. The molecule has 1 saturated heterocycles. The maximum absolute atomic E-state index is 11.4. The van der Waals surface area contributed by atoms with E-state index in [0.717, 1.165) is 6.42 Å². The predicted molar refractivity (Wildman–Crippen MR) is 39.9 cm³/mol. The highest BCUT2D eigenvalue weighted by atomic mass is 32.2. The Morgan fingerprint density at radius 3 is 2.80 bits per heavy atom. The number of rotatable bonds is 0. The summed E-state index contributed by atoms with van der Waals surface area (Å²) in [5.74, 6) is 0.736. The van der Waals surface area contributed by atoms with Gasteiger partial charge in [0.25, 0.3) is 5.91 Å². The normalized spacial score (nSPS) is 22.5. The summed E-state index contributed by atoms with van der Waals surface area (Å²) in [5, 5.41) is 0. The molecule has 1 rings (SSSR count). The third-order valence-corrected chi connectivity index (χ3v) is 3.53. The van der Waals surface area contributed by atoms with Crippen molar-refractivity contribution in [1.29, 1.82) is 0 Å². The van der Waals surface area contributed by atoms with Crippen LogP contribution in [0.3, 0.4) is 0 Å². The second kappa shape index (κ2) is 2.70. The minimum Gasteiger partial charge on any atom is -0.272 e. The van der Waals surface area contributed by atoms with Crippen LogP contribution < -0.4 is 0 Å². The van der Waals surface area contributed by atoms with Crippen molar-refractivity contribution in [2.45, 2.75) is 13.3 Å². The number of carbonyl (C=O) groups is 1. The Kier molecular flexibility index (Phi) is 2.08. The molecule has 0 N–H and O–H groups in total. The van der Waals surface area contributed by atoms with Crippen LogP contribution in [0.5, 0.6) is 0 Å². The van der Waals surface area contributed by atoms with Crippen molar-refractivity contribution in [1.82, 2.24) is 0 Å². The average molecular weight is 160 g/mol. The summed E-state index contributed by atoms with van der Waals surface area (Å²) in [6, 6.07) is 0. The van der Waals surface area contributed by atoms with Crippen molar-refractivity contribution in [3.63, 3.8) is 0 Å². The van der Waals surface area contributed by atoms with Gasteiger partial charge in [-0.25, -0.2) is 4.21 Å². The molecule has 1 heterocycles. The molecule has 1 aliphatic heterocycles. The number of amides is 1. The molecule has 0 aromatic rings. The molecule has 0 aromatic carbocycles. The molecule has 1 fully saturated rings. The van der Waals surface area contributed by atoms with Gasteiger partial charge >= 0.3 is 0 Å². The molecule has 1 radical (unpaired) electrons. The Balaban J connectivity index is 2.87. The van der Waals surface area contributed by atoms with Gasteiger partial charge in [-0.05, 0) is 12.8 Å². The van der Waals surface area contributed by atoms with Gasteiger partial charge in [0.2, 0.25) is 0 Å². The maximum Gasteiger partial charge on any atom is 0.250 e. The molecule has 1 aliphatic rings. The molecular formula is C6H10NO2S. The Morgan fingerprint density at radius 1 is 1.70 bits per heavy atom. The number of nitrogens with zero attached hydrogens (tertiary/aromatic N) is 1. The summed E-state index contributed by atoms with van der Waals surface area (Å²) in [6.45, 7) is 1.34. The van der Waals surface area contributed by atoms with E-state index in [-0.39, 0.29) is 5.91 Å². The van der Waals surface area contributed by atoms with Crippen molar-refractivity contribution >= 4 is 15.6 Å². The first-order valence-corrected chi connectivity index (χ1v) is 5.02. The average Bonchev–Trinajstić information content (AvgIpc) is 2.12. The van der Waals surface area contributed by atoms with E-state index in [1.165, 1.54) is 6.92 Å². The fraction of sp³-hybridized carbons (Fsp3) is 0.667. The third-order valence-electron chi connectivity index (χ3n) is 1.31. The smallest absolute Gasteiger partial charge is 0.250 e. The number of hydrogen-bond acceptors (Lipinski definition) is 2. The molecule has 10 heavy (non-hydrogen) atoms. The molecule has 57 valence electrons. The van der Waals surface area contributed by atoms with E-state index in [9.17, 15) is 9.00 Å². The van der Waals surface area contributed by atoms with Gasteiger partial charge in [0, 0.05) is 18.4 Å². The van der Waals surface area contributed by atoms with E-state index in [1.54, 1.807) is 0 Å². The van der Waals surface area contributed by atoms with Gasteiger partial charge < -0.3 is 0 Å². The molecular weight excluding hydrogens is 150 g/mol. The van der Waals surface area contributed by atoms with Crippen LogP contribution in [-0.4, -0.2) is 21.6 Å². The highest BCUT2D eigenvalue weighted by molar-refractivity contribution is 7.94. The van der Waals surface area contributed by atoms with Crippen molar-refractivity contribution in [3.05, 3.63) is 6.42 Å². The molecule has 0 spiro atoms. The molecule has 0 aliphatic carbocycles. The monoisotopic (exact) mass is 160 g/mol. The fourth-order valence-electron chi connectivity index (χ4n) is 0.935. The first-order chi connectivity index (χ1) is 4.62. The maximum atomic E-state index is 11.4. The molecule has 4 heteroatoms. The van der Waals surface area contributed by atoms with Gasteiger partial charge in [0.05, 0.1) is 9.73 Å². The second-order valence-electron chi connectivity index (χ2n) is 2.33. The summed E-state index contributed by atoms with van der Waals surface area (Å²) < 4.78 is 14.9. The molecule has 1 amide bonds. The SMILES string of the molecule is CC(=O)N=S1(=O)C[CH]CC1. The third kappa shape index (κ3) is 1.80. The van der Waals surface area contributed by atoms with E-state index in [2.05, 4.69) is 4.36 Å². The summed E-state index contributed by atoms with van der Waals surface area (Å²) in [6.07, 6.45) is 2.75. The van der Waals surface area contributed by atoms with Crippen molar-refractivity contribution in [2.24, 2.45) is 4.36 Å². The lowest BCUT2D eigenvalue weighted by Crippen LogP contribution is -2.03. The van der Waals surface area contributed by atoms with E-state index in [4.69, 9.17) is 0 Å². The zero-order chi connectivity index (χ0) is 7.61. The van der Waals surface area contributed by atoms with Gasteiger partial charge in [0.15, 0.2) is 0 Å². The van der Waals surface area contributed by atoms with Crippen LogP contribution >= 0.6 is 0 Å². The highest BCUT2D eigenvalue weighted by Gasteiger charge is 2.16. The van der Waals surface area contributed by atoms with Crippen LogP contribution in [0.15, 0.2) is 4.36 Å². The molecule has 3 nitrogen and oxygen atoms in total. The predicted octanol–water partition coefficient (Wildman–Crippen LogP) is 0.609. The minimum absolute atomic E-state index is 0.319. The topological polar surface area (TPSA) is 46.5 Å². The van der Waals surface area contributed by atoms with Gasteiger partial charge in [-0.15, -0.1) is 0 Å². The van der Waals surface area contributed by atoms with Crippen LogP contribution in [0.2, 0.25) is 0 Å². The lowest BCUT2D eigenvalue weighted by molar-refractivity contribution is -0.115. The lowest BCUT2D eigenvalue weighted by Gasteiger charge is -1.94. The quantitative estimate of drug-likeness (QED) is 0.521. The number of hydrogen-bond donors (Lipinski definition) is 0. The summed E-state index contributed by atoms with van der Waals surface area (Å²) in [5.41, 5.74) is 0. The summed E-state index contributed by atoms with van der Waals surface area (Å²) >= 11 is 0. The first kappa shape index (κ1) is 7.72. The Bertz CT molecular complexity index is 238. The first-order valence-electron chi connectivity index (χ1n) is 3.17. The molecule has 0 saturated carbocycles. The van der Waals surface area contributed by atoms with Crippen LogP contribution in [0.4, 0.5) is 0 Å². The molecule has 1 unspecified atom stereocenters. The zero-order valence-electron chi connectivity index (χ0n) is 5.87. The van der Waals surface area contributed by atoms with E-state index in [0.29, 0.717) is 11.5 Å². The number of carbonyl (C=O) groups excluding carboxylic acids is 1. The van der Waals surface area contributed by atoms with Gasteiger partial charge in [-0.3, -0.25) is 4.79 Å². The standard InChI is InChI=1S/C6H10NO2S/c1-6(8)7-10(9)4-2-3-5-10/h2H,3-5H2,1H3. The van der Waals surface area contributed by atoms with Gasteiger partial charge in [-0.2, -0.15) is 4.36 Å². The summed E-state index contributed by atoms with van der Waals surface area (Å²) in [7, 11) is -2.13. The van der Waals surface area contributed by atoms with E-state index in [1.807, 2.05) is 6.42 Å². The van der Waals surface area contributed by atoms with Crippen LogP contribution in [0.25, 0.3) is 0 Å². The lowest BCUT2D eigenvalue weighted by atomic mass is 10.4. The van der Waals surface area contributed by atoms with E-state index < -0.39 is 9.73 Å². The van der Waals surface area contributed by atoms with Crippen LogP contribution in [0.1, 0.15) is 13.3 Å². The van der Waals surface area contributed by atoms with E-state index >= 15 is 0 Å². The largest absolute Gasteiger partial charge is 0.272 e. The Labute approximate surface area is 61.0 Å². The molecule has 0 aromatic heterocycles. The minimum atomic E-state index is -2.13. The highest BCUT2D eigenvalue weighted by Crippen LogP contribution is 2.11. The second-order valence-corrected chi connectivity index (χ2v) is 4.80. The zero-order valence-corrected chi connectivity index (χ0v) is 6.69. The van der Waals surface area contributed by atoms with Crippen molar-refractivity contribution < 1.29 is 9.00 Å². The molecule has 0 bridgehead atoms. The van der Waals surface area contributed by atoms with Crippen molar-refractivity contribution in [2.75, 3.05) is 11.5 Å². The van der Waals surface area contributed by atoms with Gasteiger partial charge in [-0.1, -0.05) is 0 Å². The van der Waals surface area contributed by atoms with Gasteiger partial charge in [0.1, 0.15) is 0 Å². The van der Waals surface area contributed by atoms with Crippen molar-refractivity contribution in [3.8, 4) is 0 Å². The summed E-state index contributed by atoms with van der Waals surface area (Å²) in [4.78, 5) is 10.4. The van der Waals surface area contributed by atoms with Crippen LogP contribution in [-0.2, 0) is 14.5 Å². The Morgan fingerprint density at radius 2 is 2.40 bits per heavy atom. The Hall–Kier alpha value is -0.380. The van der Waals surface area contributed by atoms with Crippen LogP contribution in [0, 0.1) is 6.42 Å². The molecule has 1 atom stereocenters.